The second kappa shape index (κ2) is 7.84. The van der Waals surface area contributed by atoms with E-state index in [0.29, 0.717) is 13.1 Å². The molecule has 148 valence electrons. The van der Waals surface area contributed by atoms with Crippen molar-refractivity contribution < 1.29 is 4.79 Å². The van der Waals surface area contributed by atoms with Gasteiger partial charge in [-0.1, -0.05) is 28.1 Å². The summed E-state index contributed by atoms with van der Waals surface area (Å²) in [5.74, 6) is 2.15. The maximum atomic E-state index is 12.6. The molecule has 2 aliphatic heterocycles. The number of H-pyrrole nitrogens is 1. The van der Waals surface area contributed by atoms with E-state index in [9.17, 15) is 4.79 Å². The Morgan fingerprint density at radius 2 is 2.21 bits per heavy atom. The standard InChI is InChI=1S/C21H20BrN5OS/c22-14-2-1-3-15(10-14)25-21(28)27-7-4-13(5-8-27)19-18-16-11-29-9-6-17(16)26-20(18)24-12-23-19/h1-4,10,12H,5-9,11H2,(H,25,28)(H,23,24,26). The Bertz CT molecular complexity index is 1130. The van der Waals surface area contributed by atoms with Gasteiger partial charge in [0, 0.05) is 40.1 Å². The summed E-state index contributed by atoms with van der Waals surface area (Å²) < 4.78 is 0.942. The molecule has 0 unspecified atom stereocenters. The summed E-state index contributed by atoms with van der Waals surface area (Å²) in [4.78, 5) is 27.0. The first kappa shape index (κ1) is 18.7. The van der Waals surface area contributed by atoms with E-state index < -0.39 is 0 Å². The number of nitrogens with zero attached hydrogens (tertiary/aromatic N) is 3. The van der Waals surface area contributed by atoms with Gasteiger partial charge in [-0.2, -0.15) is 11.8 Å². The molecule has 2 aromatic heterocycles. The highest BCUT2D eigenvalue weighted by Gasteiger charge is 2.24. The summed E-state index contributed by atoms with van der Waals surface area (Å²) in [6, 6.07) is 7.55. The van der Waals surface area contributed by atoms with Gasteiger partial charge in [-0.25, -0.2) is 14.8 Å². The van der Waals surface area contributed by atoms with Gasteiger partial charge < -0.3 is 15.2 Å². The smallest absolute Gasteiger partial charge is 0.322 e. The van der Waals surface area contributed by atoms with Crippen molar-refractivity contribution in [2.75, 3.05) is 24.2 Å². The fourth-order valence-corrected chi connectivity index (χ4v) is 5.35. The quantitative estimate of drug-likeness (QED) is 0.563. The third kappa shape index (κ3) is 3.67. The Labute approximate surface area is 181 Å². The van der Waals surface area contributed by atoms with E-state index in [1.165, 1.54) is 16.8 Å². The van der Waals surface area contributed by atoms with Gasteiger partial charge in [0.25, 0.3) is 0 Å². The zero-order chi connectivity index (χ0) is 19.8. The van der Waals surface area contributed by atoms with Crippen molar-refractivity contribution >= 4 is 56.0 Å². The largest absolute Gasteiger partial charge is 0.343 e. The van der Waals surface area contributed by atoms with E-state index in [4.69, 9.17) is 0 Å². The average molecular weight is 470 g/mol. The Hall–Kier alpha value is -2.32. The fourth-order valence-electron chi connectivity index (χ4n) is 3.94. The number of carbonyl (C=O) groups excluding carboxylic acids is 1. The van der Waals surface area contributed by atoms with Crippen LogP contribution in [0, 0.1) is 0 Å². The Morgan fingerprint density at radius 3 is 3.03 bits per heavy atom. The van der Waals surface area contributed by atoms with Gasteiger partial charge in [0.15, 0.2) is 0 Å². The van der Waals surface area contributed by atoms with Gasteiger partial charge in [0.05, 0.1) is 5.69 Å². The number of urea groups is 1. The van der Waals surface area contributed by atoms with Crippen LogP contribution in [-0.4, -0.2) is 44.7 Å². The first-order valence-electron chi connectivity index (χ1n) is 9.62. The lowest BCUT2D eigenvalue weighted by Gasteiger charge is -2.27. The number of thioether (sulfide) groups is 1. The number of anilines is 1. The van der Waals surface area contributed by atoms with Crippen LogP contribution >= 0.6 is 27.7 Å². The highest BCUT2D eigenvalue weighted by Crippen LogP contribution is 2.35. The Kier molecular flexibility index (Phi) is 5.05. The van der Waals surface area contributed by atoms with Crippen LogP contribution in [0.2, 0.25) is 0 Å². The second-order valence-electron chi connectivity index (χ2n) is 7.20. The number of hydrogen-bond acceptors (Lipinski definition) is 4. The summed E-state index contributed by atoms with van der Waals surface area (Å²) in [5.41, 5.74) is 6.57. The maximum absolute atomic E-state index is 12.6. The summed E-state index contributed by atoms with van der Waals surface area (Å²) in [6.07, 6.45) is 5.60. The van der Waals surface area contributed by atoms with Gasteiger partial charge in [0.1, 0.15) is 12.0 Å². The minimum atomic E-state index is -0.0818. The predicted octanol–water partition coefficient (Wildman–Crippen LogP) is 4.83. The third-order valence-electron chi connectivity index (χ3n) is 5.40. The van der Waals surface area contributed by atoms with Gasteiger partial charge in [-0.15, -0.1) is 0 Å². The fraction of sp³-hybridized carbons (Fsp3) is 0.286. The topological polar surface area (TPSA) is 73.9 Å². The van der Waals surface area contributed by atoms with E-state index in [1.54, 1.807) is 6.33 Å². The molecule has 0 radical (unpaired) electrons. The molecule has 29 heavy (non-hydrogen) atoms. The van der Waals surface area contributed by atoms with E-state index in [-0.39, 0.29) is 6.03 Å². The number of rotatable bonds is 2. The van der Waals surface area contributed by atoms with Crippen molar-refractivity contribution in [1.29, 1.82) is 0 Å². The lowest BCUT2D eigenvalue weighted by atomic mass is 10.00. The molecule has 0 atom stereocenters. The molecular weight excluding hydrogens is 450 g/mol. The maximum Gasteiger partial charge on any atom is 0.322 e. The highest BCUT2D eigenvalue weighted by molar-refractivity contribution is 9.10. The number of benzene rings is 1. The third-order valence-corrected chi connectivity index (χ3v) is 6.88. The molecule has 2 N–H and O–H groups in total. The molecule has 0 fully saturated rings. The van der Waals surface area contributed by atoms with E-state index in [2.05, 4.69) is 42.3 Å². The number of carbonyl (C=O) groups is 1. The van der Waals surface area contributed by atoms with Gasteiger partial charge in [-0.3, -0.25) is 0 Å². The molecule has 3 aromatic rings. The summed E-state index contributed by atoms with van der Waals surface area (Å²) in [5, 5.41) is 4.13. The normalized spacial score (nSPS) is 16.4. The van der Waals surface area contributed by atoms with Crippen molar-refractivity contribution in [3.63, 3.8) is 0 Å². The molecule has 4 heterocycles. The van der Waals surface area contributed by atoms with Gasteiger partial charge >= 0.3 is 6.03 Å². The van der Waals surface area contributed by atoms with Crippen LogP contribution in [-0.2, 0) is 12.2 Å². The number of aromatic nitrogens is 3. The van der Waals surface area contributed by atoms with Crippen molar-refractivity contribution in [1.82, 2.24) is 19.9 Å². The molecule has 5 rings (SSSR count). The van der Waals surface area contributed by atoms with Crippen LogP contribution in [0.1, 0.15) is 23.4 Å². The number of aromatic amines is 1. The molecule has 2 aliphatic rings. The van der Waals surface area contributed by atoms with Crippen molar-refractivity contribution in [3.05, 3.63) is 58.1 Å². The van der Waals surface area contributed by atoms with E-state index in [1.807, 2.05) is 40.9 Å². The number of nitrogens with one attached hydrogen (secondary N) is 2. The highest BCUT2D eigenvalue weighted by atomic mass is 79.9. The molecule has 6 nitrogen and oxygen atoms in total. The van der Waals surface area contributed by atoms with Crippen LogP contribution in [0.4, 0.5) is 10.5 Å². The molecule has 0 aliphatic carbocycles. The zero-order valence-electron chi connectivity index (χ0n) is 15.7. The van der Waals surface area contributed by atoms with Crippen LogP contribution in [0.5, 0.6) is 0 Å². The number of amides is 2. The van der Waals surface area contributed by atoms with Crippen LogP contribution in [0.3, 0.4) is 0 Å². The molecule has 8 heteroatoms. The summed E-state index contributed by atoms with van der Waals surface area (Å²) in [6.45, 7) is 1.24. The van der Waals surface area contributed by atoms with Crippen molar-refractivity contribution in [2.45, 2.75) is 18.6 Å². The zero-order valence-corrected chi connectivity index (χ0v) is 18.1. The first-order valence-corrected chi connectivity index (χ1v) is 11.6. The summed E-state index contributed by atoms with van der Waals surface area (Å²) >= 11 is 5.39. The molecule has 0 saturated heterocycles. The van der Waals surface area contributed by atoms with E-state index in [0.717, 1.165) is 51.2 Å². The SMILES string of the molecule is O=C(Nc1cccc(Br)c1)N1CC=C(c2ncnc3[nH]c4c(c23)CSCC4)CC1. The minimum Gasteiger partial charge on any atom is -0.343 e. The Morgan fingerprint density at radius 1 is 1.28 bits per heavy atom. The second-order valence-corrected chi connectivity index (χ2v) is 9.22. The molecule has 0 bridgehead atoms. The average Bonchev–Trinajstić information content (AvgIpc) is 3.13. The lowest BCUT2D eigenvalue weighted by molar-refractivity contribution is 0.217. The number of fused-ring (bicyclic) bond motifs is 3. The molecule has 1 aromatic carbocycles. The molecule has 0 spiro atoms. The monoisotopic (exact) mass is 469 g/mol. The summed E-state index contributed by atoms with van der Waals surface area (Å²) in [7, 11) is 0. The predicted molar refractivity (Wildman–Crippen MR) is 121 cm³/mol. The molecule has 2 amide bonds. The van der Waals surface area contributed by atoms with Crippen molar-refractivity contribution in [3.8, 4) is 0 Å². The molecular formula is C21H20BrN5OS. The first-order chi connectivity index (χ1) is 14.2. The van der Waals surface area contributed by atoms with Crippen LogP contribution < -0.4 is 5.32 Å². The van der Waals surface area contributed by atoms with Crippen LogP contribution in [0.15, 0.2) is 41.1 Å². The van der Waals surface area contributed by atoms with Gasteiger partial charge in [0.2, 0.25) is 0 Å². The molecule has 0 saturated carbocycles. The van der Waals surface area contributed by atoms with Gasteiger partial charge in [-0.05, 0) is 47.9 Å². The number of hydrogen-bond donors (Lipinski definition) is 2. The van der Waals surface area contributed by atoms with E-state index >= 15 is 0 Å². The lowest BCUT2D eigenvalue weighted by Crippen LogP contribution is -2.37. The number of halogens is 1. The minimum absolute atomic E-state index is 0.0818. The van der Waals surface area contributed by atoms with Crippen molar-refractivity contribution in [2.24, 2.45) is 0 Å². The van der Waals surface area contributed by atoms with Crippen LogP contribution in [0.25, 0.3) is 16.6 Å². The Balaban J connectivity index is 1.37. The number of aryl methyl sites for hydroxylation is 1.